The second-order valence-corrected chi connectivity index (χ2v) is 7.64. The summed E-state index contributed by atoms with van der Waals surface area (Å²) in [5.74, 6) is -0.197. The Labute approximate surface area is 190 Å². The minimum atomic E-state index is -0.643. The van der Waals surface area contributed by atoms with E-state index in [0.717, 1.165) is 12.0 Å². The highest BCUT2D eigenvalue weighted by atomic mass is 16.6. The van der Waals surface area contributed by atoms with Crippen LogP contribution in [0.1, 0.15) is 47.9 Å². The number of hydrogen-bond donors (Lipinski definition) is 1. The highest BCUT2D eigenvalue weighted by molar-refractivity contribution is 6.07. The van der Waals surface area contributed by atoms with Crippen LogP contribution in [0.25, 0.3) is 22.2 Å². The number of benzene rings is 2. The molecule has 4 rings (SSSR count). The van der Waals surface area contributed by atoms with Crippen molar-refractivity contribution < 1.29 is 14.1 Å². The molecule has 1 atom stereocenters. The fraction of sp³-hybridized carbons (Fsp3) is 0.160. The molecule has 0 radical (unpaired) electrons. The first-order valence-corrected chi connectivity index (χ1v) is 10.5. The van der Waals surface area contributed by atoms with Crippen LogP contribution in [-0.4, -0.2) is 22.0 Å². The predicted octanol–water partition coefficient (Wildman–Crippen LogP) is 5.68. The van der Waals surface area contributed by atoms with Gasteiger partial charge in [0, 0.05) is 10.9 Å². The van der Waals surface area contributed by atoms with Crippen molar-refractivity contribution in [1.29, 1.82) is 0 Å². The Morgan fingerprint density at radius 1 is 1.18 bits per heavy atom. The van der Waals surface area contributed by atoms with Gasteiger partial charge in [-0.25, -0.2) is 10.4 Å². The van der Waals surface area contributed by atoms with E-state index in [1.165, 1.54) is 23.9 Å². The SMILES string of the molecule is CC[C@H](C)c1ccc(-c2cc(C(=O)N/N=C\c3ccc([N+](=O)[O-])o3)c3ccccc3n2)cc1. The van der Waals surface area contributed by atoms with E-state index in [4.69, 9.17) is 9.40 Å². The molecule has 33 heavy (non-hydrogen) atoms. The lowest BCUT2D eigenvalue weighted by molar-refractivity contribution is -0.402. The molecule has 2 aromatic heterocycles. The lowest BCUT2D eigenvalue weighted by atomic mass is 9.96. The van der Waals surface area contributed by atoms with Crippen LogP contribution >= 0.6 is 0 Å². The molecule has 0 aliphatic heterocycles. The molecule has 0 saturated heterocycles. The second-order valence-electron chi connectivity index (χ2n) is 7.64. The Morgan fingerprint density at radius 2 is 1.94 bits per heavy atom. The van der Waals surface area contributed by atoms with E-state index >= 15 is 0 Å². The number of carbonyl (C=O) groups excluding carboxylic acids is 1. The lowest BCUT2D eigenvalue weighted by Gasteiger charge is -2.11. The minimum Gasteiger partial charge on any atom is -0.400 e. The Balaban J connectivity index is 1.62. The molecule has 0 unspecified atom stereocenters. The number of nitro groups is 1. The number of hydrogen-bond acceptors (Lipinski definition) is 6. The van der Waals surface area contributed by atoms with Crippen molar-refractivity contribution in [2.75, 3.05) is 0 Å². The molecule has 0 fully saturated rings. The normalized spacial score (nSPS) is 12.2. The van der Waals surface area contributed by atoms with Crippen molar-refractivity contribution in [3.63, 3.8) is 0 Å². The van der Waals surface area contributed by atoms with Crippen molar-refractivity contribution >= 4 is 28.9 Å². The van der Waals surface area contributed by atoms with Gasteiger partial charge in [-0.15, -0.1) is 0 Å². The number of furan rings is 1. The van der Waals surface area contributed by atoms with E-state index in [9.17, 15) is 14.9 Å². The maximum atomic E-state index is 12.9. The first kappa shape index (κ1) is 21.9. The van der Waals surface area contributed by atoms with Gasteiger partial charge < -0.3 is 4.42 Å². The molecule has 2 heterocycles. The Bertz CT molecular complexity index is 1340. The molecule has 1 amide bonds. The molecule has 166 valence electrons. The topological polar surface area (TPSA) is 111 Å². The monoisotopic (exact) mass is 442 g/mol. The van der Waals surface area contributed by atoms with Gasteiger partial charge in [-0.2, -0.15) is 5.10 Å². The number of fused-ring (bicyclic) bond motifs is 1. The van der Waals surface area contributed by atoms with E-state index in [0.29, 0.717) is 28.1 Å². The average molecular weight is 442 g/mol. The highest BCUT2D eigenvalue weighted by Gasteiger charge is 2.15. The molecule has 4 aromatic rings. The summed E-state index contributed by atoms with van der Waals surface area (Å²) in [5, 5.41) is 15.3. The number of carbonyl (C=O) groups is 1. The van der Waals surface area contributed by atoms with E-state index in [2.05, 4.69) is 36.5 Å². The summed E-state index contributed by atoms with van der Waals surface area (Å²) in [6.45, 7) is 4.34. The maximum absolute atomic E-state index is 12.9. The Morgan fingerprint density at radius 3 is 2.64 bits per heavy atom. The predicted molar refractivity (Wildman–Crippen MR) is 126 cm³/mol. The van der Waals surface area contributed by atoms with Crippen LogP contribution in [0.2, 0.25) is 0 Å². The van der Waals surface area contributed by atoms with E-state index in [-0.39, 0.29) is 5.76 Å². The average Bonchev–Trinajstić information content (AvgIpc) is 3.32. The van der Waals surface area contributed by atoms with Crippen LogP contribution in [0, 0.1) is 10.1 Å². The summed E-state index contributed by atoms with van der Waals surface area (Å²) >= 11 is 0. The largest absolute Gasteiger partial charge is 0.433 e. The number of nitrogens with one attached hydrogen (secondary N) is 1. The zero-order valence-corrected chi connectivity index (χ0v) is 18.2. The van der Waals surface area contributed by atoms with Gasteiger partial charge in [-0.3, -0.25) is 14.9 Å². The highest BCUT2D eigenvalue weighted by Crippen LogP contribution is 2.27. The fourth-order valence-electron chi connectivity index (χ4n) is 3.45. The minimum absolute atomic E-state index is 0.156. The molecule has 0 saturated carbocycles. The number of amides is 1. The van der Waals surface area contributed by atoms with Crippen LogP contribution in [0.15, 0.2) is 76.2 Å². The number of pyridine rings is 1. The fourth-order valence-corrected chi connectivity index (χ4v) is 3.45. The number of aromatic nitrogens is 1. The molecule has 0 spiro atoms. The first-order chi connectivity index (χ1) is 16.0. The summed E-state index contributed by atoms with van der Waals surface area (Å²) in [4.78, 5) is 27.7. The van der Waals surface area contributed by atoms with Gasteiger partial charge >= 0.3 is 5.88 Å². The van der Waals surface area contributed by atoms with Crippen molar-refractivity contribution in [3.8, 4) is 11.3 Å². The van der Waals surface area contributed by atoms with Crippen LogP contribution in [0.5, 0.6) is 0 Å². The molecular formula is C25H22N4O4. The van der Waals surface area contributed by atoms with Crippen LogP contribution in [0.4, 0.5) is 5.88 Å². The molecule has 0 bridgehead atoms. The maximum Gasteiger partial charge on any atom is 0.433 e. The Kier molecular flexibility index (Phi) is 6.26. The number of nitrogens with zero attached hydrogens (tertiary/aromatic N) is 3. The van der Waals surface area contributed by atoms with Gasteiger partial charge in [0.25, 0.3) is 5.91 Å². The Hall–Kier alpha value is -4.33. The summed E-state index contributed by atoms with van der Waals surface area (Å²) in [6, 6.07) is 20.0. The van der Waals surface area contributed by atoms with Crippen LogP contribution in [0.3, 0.4) is 0 Å². The number of para-hydroxylation sites is 1. The van der Waals surface area contributed by atoms with Crippen molar-refractivity contribution in [2.24, 2.45) is 5.10 Å². The quantitative estimate of drug-likeness (QED) is 0.225. The van der Waals surface area contributed by atoms with Crippen molar-refractivity contribution in [3.05, 3.63) is 93.7 Å². The second kappa shape index (κ2) is 9.44. The van der Waals surface area contributed by atoms with Crippen molar-refractivity contribution in [2.45, 2.75) is 26.2 Å². The van der Waals surface area contributed by atoms with E-state index < -0.39 is 16.7 Å². The third kappa shape index (κ3) is 4.79. The van der Waals surface area contributed by atoms with Gasteiger partial charge in [0.2, 0.25) is 0 Å². The molecule has 1 N–H and O–H groups in total. The zero-order chi connectivity index (χ0) is 23.4. The first-order valence-electron chi connectivity index (χ1n) is 10.5. The van der Waals surface area contributed by atoms with Gasteiger partial charge in [-0.1, -0.05) is 56.3 Å². The molecule has 8 heteroatoms. The lowest BCUT2D eigenvalue weighted by Crippen LogP contribution is -2.18. The molecule has 0 aliphatic rings. The van der Waals surface area contributed by atoms with E-state index in [1.54, 1.807) is 6.07 Å². The summed E-state index contributed by atoms with van der Waals surface area (Å²) < 4.78 is 5.00. The molecular weight excluding hydrogens is 420 g/mol. The molecule has 0 aliphatic carbocycles. The van der Waals surface area contributed by atoms with Crippen LogP contribution in [-0.2, 0) is 0 Å². The molecule has 2 aromatic carbocycles. The van der Waals surface area contributed by atoms with Gasteiger partial charge in [0.1, 0.15) is 4.92 Å². The van der Waals surface area contributed by atoms with Crippen molar-refractivity contribution in [1.82, 2.24) is 10.4 Å². The summed E-state index contributed by atoms with van der Waals surface area (Å²) in [6.07, 6.45) is 2.27. The smallest absolute Gasteiger partial charge is 0.400 e. The molecule has 8 nitrogen and oxygen atoms in total. The van der Waals surface area contributed by atoms with E-state index in [1.807, 2.05) is 36.4 Å². The third-order valence-electron chi connectivity index (χ3n) is 5.50. The number of hydrazone groups is 1. The van der Waals surface area contributed by atoms with Gasteiger partial charge in [-0.05, 0) is 36.1 Å². The standard InChI is InChI=1S/C25H22N4O4/c1-3-16(2)17-8-10-18(11-9-17)23-14-21(20-6-4-5-7-22(20)27-23)25(30)28-26-15-19-12-13-24(33-19)29(31)32/h4-16H,3H2,1-2H3,(H,28,30)/b26-15-/t16-/m0/s1. The number of rotatable bonds is 7. The van der Waals surface area contributed by atoms with Gasteiger partial charge in [0.05, 0.1) is 29.1 Å². The van der Waals surface area contributed by atoms with Gasteiger partial charge in [0.15, 0.2) is 5.76 Å². The zero-order valence-electron chi connectivity index (χ0n) is 18.2. The summed E-state index contributed by atoms with van der Waals surface area (Å²) in [7, 11) is 0. The van der Waals surface area contributed by atoms with Crippen LogP contribution < -0.4 is 5.43 Å². The summed E-state index contributed by atoms with van der Waals surface area (Å²) in [5.41, 5.74) is 6.42. The third-order valence-corrected chi connectivity index (χ3v) is 5.50.